The van der Waals surface area contributed by atoms with E-state index in [2.05, 4.69) is 6.58 Å². The highest BCUT2D eigenvalue weighted by molar-refractivity contribution is 5.97. The first kappa shape index (κ1) is 23.1. The Balaban J connectivity index is 2.60. The average Bonchev–Trinajstić information content (AvgIpc) is 2.70. The van der Waals surface area contributed by atoms with Crippen LogP contribution in [0.2, 0.25) is 0 Å². The zero-order valence-electron chi connectivity index (χ0n) is 19.2. The van der Waals surface area contributed by atoms with Crippen molar-refractivity contribution in [1.82, 2.24) is 0 Å². The van der Waals surface area contributed by atoms with Crippen molar-refractivity contribution in [3.63, 3.8) is 0 Å². The van der Waals surface area contributed by atoms with Gasteiger partial charge in [0.1, 0.15) is 11.5 Å². The molecule has 3 N–H and O–H groups in total. The van der Waals surface area contributed by atoms with E-state index in [1.807, 2.05) is 52.8 Å². The van der Waals surface area contributed by atoms with E-state index in [0.29, 0.717) is 16.4 Å². The molecule has 166 valence electrons. The molecule has 0 amide bonds. The Labute approximate surface area is 188 Å². The molecule has 0 bridgehead atoms. The Morgan fingerprint density at radius 3 is 1.91 bits per heavy atom. The quantitative estimate of drug-likeness (QED) is 0.532. The van der Waals surface area contributed by atoms with Gasteiger partial charge in [0.05, 0.1) is 5.56 Å². The predicted octanol–water partition coefficient (Wildman–Crippen LogP) is 5.01. The molecule has 0 saturated carbocycles. The number of phenolic OH excluding ortho intramolecular Hbond substituents is 2. The monoisotopic (exact) mass is 430 g/mol. The molecular weight excluding hydrogens is 400 g/mol. The number of aromatic hydroxyl groups is 2. The lowest BCUT2D eigenvalue weighted by atomic mass is 9.85. The molecule has 3 rings (SSSR count). The first-order chi connectivity index (χ1) is 15.0. The van der Waals surface area contributed by atoms with Gasteiger partial charge in [0.2, 0.25) is 0 Å². The highest BCUT2D eigenvalue weighted by atomic mass is 16.4. The van der Waals surface area contributed by atoms with Crippen LogP contribution in [0.5, 0.6) is 11.5 Å². The summed E-state index contributed by atoms with van der Waals surface area (Å²) in [6, 6.07) is 14.1. The Hall–Kier alpha value is -3.53. The van der Waals surface area contributed by atoms with Crippen LogP contribution in [-0.2, 0) is 0 Å². The van der Waals surface area contributed by atoms with E-state index in [1.54, 1.807) is 30.3 Å². The standard InChI is InChI=1S/C28H30O4/c1-15(2)21-13-23(17(5)11-25(21)29)27(19-9-7-8-10-20(19)28(31)32)24-14-22(16(3)4)26(30)12-18(24)6/h7-16,29-30H,5H2,1-4,6H3,(H,31,32)/b27-23-. The largest absolute Gasteiger partial charge is 0.508 e. The minimum absolute atomic E-state index is 0.0671. The third kappa shape index (κ3) is 4.26. The fourth-order valence-electron chi connectivity index (χ4n) is 4.11. The van der Waals surface area contributed by atoms with E-state index in [9.17, 15) is 20.1 Å². The lowest BCUT2D eigenvalue weighted by molar-refractivity contribution is 0.0696. The van der Waals surface area contributed by atoms with Crippen LogP contribution in [0.25, 0.3) is 12.2 Å². The van der Waals surface area contributed by atoms with Crippen LogP contribution in [-0.4, -0.2) is 21.3 Å². The van der Waals surface area contributed by atoms with Crippen molar-refractivity contribution in [3.8, 4) is 11.5 Å². The molecule has 0 saturated heterocycles. The van der Waals surface area contributed by atoms with Crippen molar-refractivity contribution >= 4 is 18.1 Å². The number of phenols is 2. The summed E-state index contributed by atoms with van der Waals surface area (Å²) in [5.41, 5.74) is 4.65. The molecule has 0 aromatic heterocycles. The summed E-state index contributed by atoms with van der Waals surface area (Å²) in [6.45, 7) is 14.1. The van der Waals surface area contributed by atoms with Crippen molar-refractivity contribution in [3.05, 3.63) is 92.3 Å². The summed E-state index contributed by atoms with van der Waals surface area (Å²) in [7, 11) is 0. The van der Waals surface area contributed by atoms with E-state index in [1.165, 1.54) is 0 Å². The van der Waals surface area contributed by atoms with Crippen LogP contribution in [0.1, 0.15) is 77.7 Å². The van der Waals surface area contributed by atoms with Gasteiger partial charge in [-0.3, -0.25) is 0 Å². The highest BCUT2D eigenvalue weighted by Crippen LogP contribution is 2.34. The number of hydrogen-bond acceptors (Lipinski definition) is 3. The van der Waals surface area contributed by atoms with Gasteiger partial charge in [0, 0.05) is 0 Å². The summed E-state index contributed by atoms with van der Waals surface area (Å²) in [5, 5.41) is 32.3. The van der Waals surface area contributed by atoms with Crippen LogP contribution < -0.4 is 10.4 Å². The van der Waals surface area contributed by atoms with Crippen molar-refractivity contribution in [2.75, 3.05) is 0 Å². The van der Waals surface area contributed by atoms with E-state index in [0.717, 1.165) is 27.5 Å². The van der Waals surface area contributed by atoms with Crippen molar-refractivity contribution in [1.29, 1.82) is 0 Å². The normalized spacial score (nSPS) is 12.3. The lowest BCUT2D eigenvalue weighted by Crippen LogP contribution is -2.28. The average molecular weight is 431 g/mol. The summed E-state index contributed by atoms with van der Waals surface area (Å²) < 4.78 is 0. The zero-order valence-corrected chi connectivity index (χ0v) is 19.2. The minimum Gasteiger partial charge on any atom is -0.508 e. The second-order valence-electron chi connectivity index (χ2n) is 8.83. The molecule has 0 aliphatic rings. The molecule has 0 heterocycles. The molecule has 3 aromatic carbocycles. The molecule has 0 aliphatic heterocycles. The van der Waals surface area contributed by atoms with Crippen LogP contribution in [0.4, 0.5) is 0 Å². The van der Waals surface area contributed by atoms with Crippen LogP contribution in [0.3, 0.4) is 0 Å². The molecule has 4 nitrogen and oxygen atoms in total. The number of aryl methyl sites for hydroxylation is 1. The number of hydrogen-bond donors (Lipinski definition) is 3. The molecule has 0 radical (unpaired) electrons. The Morgan fingerprint density at radius 2 is 1.34 bits per heavy atom. The first-order valence-corrected chi connectivity index (χ1v) is 10.8. The third-order valence-electron chi connectivity index (χ3n) is 5.84. The molecular formula is C28H30O4. The summed E-state index contributed by atoms with van der Waals surface area (Å²) in [6.07, 6.45) is 0. The van der Waals surface area contributed by atoms with Crippen LogP contribution in [0, 0.1) is 6.92 Å². The summed E-state index contributed by atoms with van der Waals surface area (Å²) in [5.74, 6) is -0.486. The second kappa shape index (κ2) is 8.91. The maximum absolute atomic E-state index is 12.1. The van der Waals surface area contributed by atoms with Crippen molar-refractivity contribution in [2.45, 2.75) is 46.5 Å². The number of carboxylic acid groups (broad SMARTS) is 1. The Morgan fingerprint density at radius 1 is 0.812 bits per heavy atom. The van der Waals surface area contributed by atoms with Gasteiger partial charge in [-0.25, -0.2) is 4.79 Å². The predicted molar refractivity (Wildman–Crippen MR) is 129 cm³/mol. The SMILES string of the molecule is C=c1cc(O)c(C(C)C)c/c1=C(/c1cc(C(C)C)c(O)cc1C)c1ccccc1C(=O)O. The zero-order chi connectivity index (χ0) is 23.7. The lowest BCUT2D eigenvalue weighted by Gasteiger charge is -2.19. The summed E-state index contributed by atoms with van der Waals surface area (Å²) >= 11 is 0. The van der Waals surface area contributed by atoms with Crippen LogP contribution >= 0.6 is 0 Å². The Kier molecular flexibility index (Phi) is 6.45. The number of carbonyl (C=O) groups is 1. The second-order valence-corrected chi connectivity index (χ2v) is 8.83. The van der Waals surface area contributed by atoms with Gasteiger partial charge in [0.15, 0.2) is 0 Å². The number of carboxylic acids is 1. The van der Waals surface area contributed by atoms with Crippen molar-refractivity contribution in [2.24, 2.45) is 0 Å². The van der Waals surface area contributed by atoms with E-state index >= 15 is 0 Å². The molecule has 3 aromatic rings. The fraction of sp³-hybridized carbons (Fsp3) is 0.250. The molecule has 0 aliphatic carbocycles. The number of rotatable bonds is 5. The van der Waals surface area contributed by atoms with Gasteiger partial charge in [-0.05, 0) is 92.9 Å². The third-order valence-corrected chi connectivity index (χ3v) is 5.84. The van der Waals surface area contributed by atoms with Gasteiger partial charge < -0.3 is 15.3 Å². The van der Waals surface area contributed by atoms with Gasteiger partial charge in [0.25, 0.3) is 0 Å². The molecule has 0 atom stereocenters. The maximum atomic E-state index is 12.1. The van der Waals surface area contributed by atoms with Crippen molar-refractivity contribution < 1.29 is 20.1 Å². The smallest absolute Gasteiger partial charge is 0.336 e. The molecule has 0 fully saturated rings. The molecule has 0 unspecified atom stereocenters. The molecule has 32 heavy (non-hydrogen) atoms. The maximum Gasteiger partial charge on any atom is 0.336 e. The van der Waals surface area contributed by atoms with E-state index in [-0.39, 0.29) is 28.9 Å². The molecule has 4 heteroatoms. The van der Waals surface area contributed by atoms with Gasteiger partial charge in [-0.15, -0.1) is 0 Å². The highest BCUT2D eigenvalue weighted by Gasteiger charge is 2.20. The van der Waals surface area contributed by atoms with Crippen LogP contribution in [0.15, 0.2) is 48.5 Å². The molecule has 0 spiro atoms. The van der Waals surface area contributed by atoms with Gasteiger partial charge >= 0.3 is 5.97 Å². The van der Waals surface area contributed by atoms with Gasteiger partial charge in [-0.2, -0.15) is 0 Å². The topological polar surface area (TPSA) is 77.8 Å². The number of benzene rings is 3. The van der Waals surface area contributed by atoms with Gasteiger partial charge in [-0.1, -0.05) is 52.5 Å². The summed E-state index contributed by atoms with van der Waals surface area (Å²) in [4.78, 5) is 12.1. The Bertz CT molecular complexity index is 1300. The first-order valence-electron chi connectivity index (χ1n) is 10.8. The van der Waals surface area contributed by atoms with E-state index < -0.39 is 5.97 Å². The minimum atomic E-state index is -1.02. The number of aromatic carboxylic acids is 1. The van der Waals surface area contributed by atoms with E-state index in [4.69, 9.17) is 0 Å². The fourth-order valence-corrected chi connectivity index (χ4v) is 4.11.